The second-order valence-electron chi connectivity index (χ2n) is 9.07. The Bertz CT molecular complexity index is 1200. The summed E-state index contributed by atoms with van der Waals surface area (Å²) in [6, 6.07) is 8.33. The number of hydrogen-bond acceptors (Lipinski definition) is 8. The zero-order valence-electron chi connectivity index (χ0n) is 19.8. The van der Waals surface area contributed by atoms with Gasteiger partial charge in [0.15, 0.2) is 5.65 Å². The molecule has 0 bridgehead atoms. The topological polar surface area (TPSA) is 105 Å². The molecule has 2 aliphatic heterocycles. The van der Waals surface area contributed by atoms with E-state index < -0.39 is 0 Å². The molecule has 1 unspecified atom stereocenters. The van der Waals surface area contributed by atoms with Crippen molar-refractivity contribution in [2.75, 3.05) is 61.8 Å². The van der Waals surface area contributed by atoms with Crippen LogP contribution >= 0.6 is 11.6 Å². The Balaban J connectivity index is 1.34. The molecular weight excluding hydrogens is 466 g/mol. The molecule has 1 aromatic carbocycles. The summed E-state index contributed by atoms with van der Waals surface area (Å²) in [5, 5.41) is 14.8. The first-order valence-electron chi connectivity index (χ1n) is 11.9. The van der Waals surface area contributed by atoms with Gasteiger partial charge in [-0.25, -0.2) is 0 Å². The summed E-state index contributed by atoms with van der Waals surface area (Å²) in [6.45, 7) is 9.08. The van der Waals surface area contributed by atoms with Gasteiger partial charge < -0.3 is 25.3 Å². The first-order valence-corrected chi connectivity index (χ1v) is 12.3. The van der Waals surface area contributed by atoms with Gasteiger partial charge in [0.05, 0.1) is 0 Å². The number of carbonyl (C=O) groups is 1. The Morgan fingerprint density at radius 2 is 1.94 bits per heavy atom. The van der Waals surface area contributed by atoms with Crippen LogP contribution in [0, 0.1) is 0 Å². The van der Waals surface area contributed by atoms with E-state index in [0.29, 0.717) is 34.5 Å². The lowest BCUT2D eigenvalue weighted by Gasteiger charge is -2.34. The van der Waals surface area contributed by atoms with E-state index in [0.717, 1.165) is 51.3 Å². The number of H-pyrrole nitrogens is 1. The number of benzene rings is 1. The van der Waals surface area contributed by atoms with Crippen LogP contribution in [0.4, 0.5) is 23.1 Å². The lowest BCUT2D eigenvalue weighted by atomic mass is 10.1. The Kier molecular flexibility index (Phi) is 6.74. The quantitative estimate of drug-likeness (QED) is 0.448. The summed E-state index contributed by atoms with van der Waals surface area (Å²) >= 11 is 6.37. The van der Waals surface area contributed by atoms with E-state index in [1.165, 1.54) is 11.8 Å². The van der Waals surface area contributed by atoms with E-state index in [9.17, 15) is 4.79 Å². The predicted octanol–water partition coefficient (Wildman–Crippen LogP) is 3.09. The molecule has 35 heavy (non-hydrogen) atoms. The summed E-state index contributed by atoms with van der Waals surface area (Å²) in [6.07, 6.45) is 3.17. The third-order valence-corrected chi connectivity index (χ3v) is 6.88. The average Bonchev–Trinajstić information content (AvgIpc) is 3.25. The Hall–Kier alpha value is -3.37. The fourth-order valence-corrected chi connectivity index (χ4v) is 4.83. The van der Waals surface area contributed by atoms with Crippen molar-refractivity contribution in [2.24, 2.45) is 0 Å². The number of hydrogen-bond donors (Lipinski definition) is 3. The minimum absolute atomic E-state index is 0.0347. The monoisotopic (exact) mass is 495 g/mol. The SMILES string of the molecule is C=CC(=O)N1CCCC(Nc2nc(Nc3ccc(N4CCN(C)CC4)cc3)nc3n[nH]c(Cl)c23)C1. The second kappa shape index (κ2) is 10.1. The van der Waals surface area contributed by atoms with Gasteiger partial charge in [-0.1, -0.05) is 18.2 Å². The van der Waals surface area contributed by atoms with Gasteiger partial charge in [0.1, 0.15) is 16.4 Å². The van der Waals surface area contributed by atoms with Gasteiger partial charge in [0, 0.05) is 56.7 Å². The maximum Gasteiger partial charge on any atom is 0.246 e. The van der Waals surface area contributed by atoms with Crippen LogP contribution in [0.25, 0.3) is 11.0 Å². The van der Waals surface area contributed by atoms with Crippen LogP contribution in [0.1, 0.15) is 12.8 Å². The molecule has 2 saturated heterocycles. The molecule has 184 valence electrons. The van der Waals surface area contributed by atoms with Crippen LogP contribution in [0.15, 0.2) is 36.9 Å². The number of fused-ring (bicyclic) bond motifs is 1. The van der Waals surface area contributed by atoms with Gasteiger partial charge >= 0.3 is 0 Å². The summed E-state index contributed by atoms with van der Waals surface area (Å²) < 4.78 is 0. The van der Waals surface area contributed by atoms with Crippen molar-refractivity contribution >= 4 is 51.7 Å². The van der Waals surface area contributed by atoms with Crippen LogP contribution in [0.2, 0.25) is 5.15 Å². The standard InChI is InChI=1S/C24H30ClN9O/c1-3-19(35)34-10-4-5-17(15-34)26-22-20-21(25)30-31-23(20)29-24(28-22)27-16-6-8-18(9-7-16)33-13-11-32(2)12-14-33/h3,6-9,17H,1,4-5,10-15H2,2H3,(H3,26,27,28,29,30,31). The zero-order chi connectivity index (χ0) is 24.4. The molecule has 1 atom stereocenters. The number of aromatic amines is 1. The zero-order valence-corrected chi connectivity index (χ0v) is 20.6. The van der Waals surface area contributed by atoms with Crippen LogP contribution in [-0.4, -0.2) is 88.2 Å². The summed E-state index contributed by atoms with van der Waals surface area (Å²) in [5.41, 5.74) is 2.56. The third kappa shape index (κ3) is 5.18. The highest BCUT2D eigenvalue weighted by Gasteiger charge is 2.24. The van der Waals surface area contributed by atoms with Crippen LogP contribution < -0.4 is 15.5 Å². The van der Waals surface area contributed by atoms with Gasteiger partial charge in [-0.05, 0) is 50.2 Å². The molecule has 10 nitrogen and oxygen atoms in total. The van der Waals surface area contributed by atoms with E-state index in [-0.39, 0.29) is 11.9 Å². The number of likely N-dealkylation sites (N-methyl/N-ethyl adjacent to an activating group) is 1. The van der Waals surface area contributed by atoms with Gasteiger partial charge in [-0.15, -0.1) is 0 Å². The minimum Gasteiger partial charge on any atom is -0.369 e. The number of amides is 1. The third-order valence-electron chi connectivity index (χ3n) is 6.61. The minimum atomic E-state index is -0.0620. The number of nitrogens with one attached hydrogen (secondary N) is 3. The number of nitrogens with zero attached hydrogens (tertiary/aromatic N) is 6. The summed E-state index contributed by atoms with van der Waals surface area (Å²) in [4.78, 5) is 27.9. The fourth-order valence-electron chi connectivity index (χ4n) is 4.62. The number of piperidine rings is 1. The number of halogens is 1. The van der Waals surface area contributed by atoms with E-state index in [2.05, 4.69) is 61.4 Å². The highest BCUT2D eigenvalue weighted by molar-refractivity contribution is 6.35. The Labute approximate surface area is 209 Å². The summed E-state index contributed by atoms with van der Waals surface area (Å²) in [7, 11) is 2.15. The first-order chi connectivity index (χ1) is 17.0. The lowest BCUT2D eigenvalue weighted by Crippen LogP contribution is -2.44. The number of likely N-dealkylation sites (tertiary alicyclic amines) is 1. The maximum absolute atomic E-state index is 12.1. The molecule has 0 aliphatic carbocycles. The lowest BCUT2D eigenvalue weighted by molar-refractivity contribution is -0.127. The number of aromatic nitrogens is 4. The van der Waals surface area contributed by atoms with Crippen molar-refractivity contribution in [3.63, 3.8) is 0 Å². The fraction of sp³-hybridized carbons (Fsp3) is 0.417. The highest BCUT2D eigenvalue weighted by atomic mass is 35.5. The second-order valence-corrected chi connectivity index (χ2v) is 9.44. The van der Waals surface area contributed by atoms with Gasteiger partial charge in [0.25, 0.3) is 0 Å². The molecule has 2 aromatic heterocycles. The molecule has 0 saturated carbocycles. The van der Waals surface area contributed by atoms with Crippen molar-refractivity contribution in [1.29, 1.82) is 0 Å². The molecule has 2 fully saturated rings. The maximum atomic E-state index is 12.1. The van der Waals surface area contributed by atoms with Crippen molar-refractivity contribution in [2.45, 2.75) is 18.9 Å². The molecule has 0 radical (unpaired) electrons. The molecule has 11 heteroatoms. The van der Waals surface area contributed by atoms with Crippen molar-refractivity contribution < 1.29 is 4.79 Å². The molecule has 5 rings (SSSR count). The van der Waals surface area contributed by atoms with Gasteiger partial charge in [0.2, 0.25) is 11.9 Å². The molecule has 0 spiro atoms. The summed E-state index contributed by atoms with van der Waals surface area (Å²) in [5.74, 6) is 0.946. The molecule has 3 aromatic rings. The van der Waals surface area contributed by atoms with Gasteiger partial charge in [-0.3, -0.25) is 9.89 Å². The normalized spacial score (nSPS) is 19.1. The highest BCUT2D eigenvalue weighted by Crippen LogP contribution is 2.30. The van der Waals surface area contributed by atoms with Crippen molar-refractivity contribution in [3.8, 4) is 0 Å². The molecule has 1 amide bonds. The largest absolute Gasteiger partial charge is 0.369 e. The Morgan fingerprint density at radius 1 is 1.17 bits per heavy atom. The average molecular weight is 496 g/mol. The molecule has 2 aliphatic rings. The van der Waals surface area contributed by atoms with Crippen molar-refractivity contribution in [3.05, 3.63) is 42.1 Å². The van der Waals surface area contributed by atoms with E-state index in [1.54, 1.807) is 4.90 Å². The Morgan fingerprint density at radius 3 is 2.69 bits per heavy atom. The molecular formula is C24H30ClN9O. The van der Waals surface area contributed by atoms with Gasteiger partial charge in [-0.2, -0.15) is 15.1 Å². The number of carbonyl (C=O) groups excluding carboxylic acids is 1. The van der Waals surface area contributed by atoms with E-state index in [1.807, 2.05) is 12.1 Å². The number of anilines is 4. The molecule has 3 N–H and O–H groups in total. The van der Waals surface area contributed by atoms with Crippen LogP contribution in [0.5, 0.6) is 0 Å². The van der Waals surface area contributed by atoms with Crippen LogP contribution in [-0.2, 0) is 4.79 Å². The van der Waals surface area contributed by atoms with E-state index in [4.69, 9.17) is 16.6 Å². The first kappa shape index (κ1) is 23.4. The molecule has 4 heterocycles. The van der Waals surface area contributed by atoms with Crippen LogP contribution in [0.3, 0.4) is 0 Å². The number of rotatable bonds is 6. The number of piperazine rings is 1. The van der Waals surface area contributed by atoms with E-state index >= 15 is 0 Å². The van der Waals surface area contributed by atoms with Crippen molar-refractivity contribution in [1.82, 2.24) is 30.0 Å². The smallest absolute Gasteiger partial charge is 0.246 e. The predicted molar refractivity (Wildman–Crippen MR) is 140 cm³/mol.